The van der Waals surface area contributed by atoms with E-state index in [-0.39, 0.29) is 11.9 Å². The molecule has 0 radical (unpaired) electrons. The highest BCUT2D eigenvalue weighted by Gasteiger charge is 2.16. The average molecular weight is 252 g/mol. The Morgan fingerprint density at radius 3 is 2.33 bits per heavy atom. The van der Waals surface area contributed by atoms with Gasteiger partial charge in [0.15, 0.2) is 0 Å². The van der Waals surface area contributed by atoms with E-state index in [0.29, 0.717) is 11.7 Å². The van der Waals surface area contributed by atoms with Crippen LogP contribution in [-0.4, -0.2) is 20.1 Å². The van der Waals surface area contributed by atoms with Crippen LogP contribution in [0.2, 0.25) is 0 Å². The summed E-state index contributed by atoms with van der Waals surface area (Å²) in [6.45, 7) is 6.30. The fraction of sp³-hybridized carbons (Fsp3) is 0.600. The highest BCUT2D eigenvalue weighted by molar-refractivity contribution is 5.49. The van der Waals surface area contributed by atoms with Crippen LogP contribution < -0.4 is 10.2 Å². The summed E-state index contributed by atoms with van der Waals surface area (Å²) in [4.78, 5) is 2.04. The molecule has 0 saturated heterocycles. The number of anilines is 1. The monoisotopic (exact) mass is 252 g/mol. The molecule has 2 nitrogen and oxygen atoms in total. The standard InChI is InChI=1S/C15H25FN2/c1-6-13(7-2)18(5)15-9-8-12(10-14(15)16)11(3)17-4/h8-11,13,17H,6-7H2,1-5H3. The molecule has 1 atom stereocenters. The second-order valence-electron chi connectivity index (χ2n) is 4.80. The predicted octanol–water partition coefficient (Wildman–Crippen LogP) is 3.73. The molecule has 0 bridgehead atoms. The Morgan fingerprint density at radius 1 is 1.28 bits per heavy atom. The summed E-state index contributed by atoms with van der Waals surface area (Å²) in [6, 6.07) is 6.09. The molecule has 1 aromatic carbocycles. The zero-order chi connectivity index (χ0) is 13.7. The van der Waals surface area contributed by atoms with Crippen molar-refractivity contribution in [2.75, 3.05) is 19.0 Å². The van der Waals surface area contributed by atoms with Gasteiger partial charge in [-0.15, -0.1) is 0 Å². The maximum atomic E-state index is 14.2. The highest BCUT2D eigenvalue weighted by atomic mass is 19.1. The Labute approximate surface area is 110 Å². The van der Waals surface area contributed by atoms with E-state index >= 15 is 0 Å². The van der Waals surface area contributed by atoms with Gasteiger partial charge in [-0.1, -0.05) is 19.9 Å². The number of nitrogens with one attached hydrogen (secondary N) is 1. The van der Waals surface area contributed by atoms with E-state index in [1.165, 1.54) is 0 Å². The van der Waals surface area contributed by atoms with Gasteiger partial charge in [0.05, 0.1) is 5.69 Å². The number of rotatable bonds is 6. The lowest BCUT2D eigenvalue weighted by molar-refractivity contribution is 0.562. The topological polar surface area (TPSA) is 15.3 Å². The Kier molecular flexibility index (Phi) is 5.60. The largest absolute Gasteiger partial charge is 0.369 e. The van der Waals surface area contributed by atoms with Gasteiger partial charge < -0.3 is 10.2 Å². The van der Waals surface area contributed by atoms with E-state index in [2.05, 4.69) is 19.2 Å². The van der Waals surface area contributed by atoms with E-state index < -0.39 is 0 Å². The minimum Gasteiger partial charge on any atom is -0.369 e. The number of hydrogen-bond donors (Lipinski definition) is 1. The summed E-state index contributed by atoms with van der Waals surface area (Å²) in [5.74, 6) is -0.135. The fourth-order valence-corrected chi connectivity index (χ4v) is 2.28. The lowest BCUT2D eigenvalue weighted by atomic mass is 10.1. The molecule has 0 aliphatic carbocycles. The minimum absolute atomic E-state index is 0.135. The van der Waals surface area contributed by atoms with Gasteiger partial charge in [-0.3, -0.25) is 0 Å². The quantitative estimate of drug-likeness (QED) is 0.830. The molecule has 0 fully saturated rings. The Bertz CT molecular complexity index is 375. The summed E-state index contributed by atoms with van der Waals surface area (Å²) in [5, 5.41) is 3.12. The molecule has 1 aromatic rings. The van der Waals surface area contributed by atoms with Crippen molar-refractivity contribution < 1.29 is 4.39 Å². The molecule has 0 aliphatic heterocycles. The smallest absolute Gasteiger partial charge is 0.146 e. The lowest BCUT2D eigenvalue weighted by Crippen LogP contribution is -2.31. The van der Waals surface area contributed by atoms with E-state index in [0.717, 1.165) is 18.4 Å². The van der Waals surface area contributed by atoms with E-state index in [4.69, 9.17) is 0 Å². The first kappa shape index (κ1) is 15.0. The Morgan fingerprint density at radius 2 is 1.89 bits per heavy atom. The molecule has 0 saturated carbocycles. The van der Waals surface area contributed by atoms with Crippen LogP contribution in [0, 0.1) is 5.82 Å². The maximum absolute atomic E-state index is 14.2. The minimum atomic E-state index is -0.135. The van der Waals surface area contributed by atoms with E-state index in [1.54, 1.807) is 6.07 Å². The van der Waals surface area contributed by atoms with Crippen LogP contribution in [0.15, 0.2) is 18.2 Å². The van der Waals surface area contributed by atoms with Crippen LogP contribution in [0.25, 0.3) is 0 Å². The van der Waals surface area contributed by atoms with Crippen molar-refractivity contribution in [3.8, 4) is 0 Å². The van der Waals surface area contributed by atoms with Crippen LogP contribution in [0.1, 0.15) is 45.2 Å². The van der Waals surface area contributed by atoms with Crippen molar-refractivity contribution in [3.05, 3.63) is 29.6 Å². The summed E-state index contributed by atoms with van der Waals surface area (Å²) in [6.07, 6.45) is 2.06. The molecule has 0 heterocycles. The lowest BCUT2D eigenvalue weighted by Gasteiger charge is -2.29. The fourth-order valence-electron chi connectivity index (χ4n) is 2.28. The molecular weight excluding hydrogens is 227 g/mol. The van der Waals surface area contributed by atoms with Gasteiger partial charge >= 0.3 is 0 Å². The number of hydrogen-bond acceptors (Lipinski definition) is 2. The second-order valence-corrected chi connectivity index (χ2v) is 4.80. The first-order valence-electron chi connectivity index (χ1n) is 6.74. The van der Waals surface area contributed by atoms with Gasteiger partial charge in [-0.25, -0.2) is 4.39 Å². The zero-order valence-corrected chi connectivity index (χ0v) is 12.1. The molecule has 0 spiro atoms. The molecule has 0 aliphatic rings. The van der Waals surface area contributed by atoms with Crippen LogP contribution in [0.5, 0.6) is 0 Å². The third kappa shape index (κ3) is 3.22. The SMILES string of the molecule is CCC(CC)N(C)c1ccc(C(C)NC)cc1F. The normalized spacial score (nSPS) is 12.8. The van der Waals surface area contributed by atoms with Gasteiger partial charge in [0.2, 0.25) is 0 Å². The number of halogens is 1. The highest BCUT2D eigenvalue weighted by Crippen LogP contribution is 2.25. The van der Waals surface area contributed by atoms with Crippen LogP contribution in [0.3, 0.4) is 0 Å². The van der Waals surface area contributed by atoms with Gasteiger partial charge in [0.25, 0.3) is 0 Å². The molecule has 102 valence electrons. The number of benzene rings is 1. The Balaban J connectivity index is 2.98. The first-order chi connectivity index (χ1) is 8.54. The second kappa shape index (κ2) is 6.74. The van der Waals surface area contributed by atoms with Crippen LogP contribution >= 0.6 is 0 Å². The first-order valence-corrected chi connectivity index (χ1v) is 6.74. The molecule has 1 N–H and O–H groups in total. The summed E-state index contributed by atoms with van der Waals surface area (Å²) in [5.41, 5.74) is 1.67. The molecule has 0 amide bonds. The number of nitrogens with zero attached hydrogens (tertiary/aromatic N) is 1. The van der Waals surface area contributed by atoms with Gasteiger partial charge in [0.1, 0.15) is 5.82 Å². The van der Waals surface area contributed by atoms with E-state index in [9.17, 15) is 4.39 Å². The Hall–Kier alpha value is -1.09. The van der Waals surface area contributed by atoms with Crippen LogP contribution in [0.4, 0.5) is 10.1 Å². The summed E-state index contributed by atoms with van der Waals surface area (Å²) >= 11 is 0. The van der Waals surface area contributed by atoms with Gasteiger partial charge in [-0.2, -0.15) is 0 Å². The summed E-state index contributed by atoms with van der Waals surface area (Å²) in [7, 11) is 3.85. The third-order valence-electron chi connectivity index (χ3n) is 3.77. The van der Waals surface area contributed by atoms with Crippen molar-refractivity contribution in [2.24, 2.45) is 0 Å². The van der Waals surface area contributed by atoms with Gasteiger partial charge in [-0.05, 0) is 44.5 Å². The molecule has 3 heteroatoms. The van der Waals surface area contributed by atoms with Crippen LogP contribution in [-0.2, 0) is 0 Å². The summed E-state index contributed by atoms with van der Waals surface area (Å²) < 4.78 is 14.2. The predicted molar refractivity (Wildman–Crippen MR) is 76.6 cm³/mol. The third-order valence-corrected chi connectivity index (χ3v) is 3.77. The molecular formula is C15H25FN2. The molecule has 0 aromatic heterocycles. The molecule has 1 unspecified atom stereocenters. The average Bonchev–Trinajstić information content (AvgIpc) is 2.38. The van der Waals surface area contributed by atoms with Crippen molar-refractivity contribution >= 4 is 5.69 Å². The maximum Gasteiger partial charge on any atom is 0.146 e. The zero-order valence-electron chi connectivity index (χ0n) is 12.1. The van der Waals surface area contributed by atoms with Gasteiger partial charge in [0, 0.05) is 19.1 Å². The van der Waals surface area contributed by atoms with E-state index in [1.807, 2.05) is 38.1 Å². The van der Waals surface area contributed by atoms with Crippen molar-refractivity contribution in [1.82, 2.24) is 5.32 Å². The molecule has 1 rings (SSSR count). The molecule has 18 heavy (non-hydrogen) atoms. The van der Waals surface area contributed by atoms with Crippen molar-refractivity contribution in [2.45, 2.75) is 45.7 Å². The van der Waals surface area contributed by atoms with Crippen molar-refractivity contribution in [1.29, 1.82) is 0 Å². The van der Waals surface area contributed by atoms with Crippen molar-refractivity contribution in [3.63, 3.8) is 0 Å².